The number of aromatic amines is 1. The smallest absolute Gasteiger partial charge is 0.277 e. The van der Waals surface area contributed by atoms with Crippen molar-refractivity contribution in [2.24, 2.45) is 0 Å². The molecule has 1 aliphatic carbocycles. The number of hydrogen-bond donors (Lipinski definition) is 2. The number of rotatable bonds is 3. The van der Waals surface area contributed by atoms with E-state index in [1.54, 1.807) is 18.2 Å². The van der Waals surface area contributed by atoms with Crippen LogP contribution < -0.4 is 5.32 Å². The summed E-state index contributed by atoms with van der Waals surface area (Å²) in [6.07, 6.45) is 2.19. The van der Waals surface area contributed by atoms with Gasteiger partial charge in [-0.2, -0.15) is 5.10 Å². The second-order valence-corrected chi connectivity index (χ2v) is 5.73. The minimum absolute atomic E-state index is 0.230. The maximum absolute atomic E-state index is 12.2. The van der Waals surface area contributed by atoms with Crippen LogP contribution in [0.4, 0.5) is 5.69 Å². The average molecular weight is 310 g/mol. The first-order valence-electron chi connectivity index (χ1n) is 6.38. The van der Waals surface area contributed by atoms with Gasteiger partial charge in [-0.05, 0) is 37.5 Å². The highest BCUT2D eigenvalue weighted by molar-refractivity contribution is 6.35. The lowest BCUT2D eigenvalue weighted by molar-refractivity contribution is 0.102. The molecule has 1 amide bonds. The van der Waals surface area contributed by atoms with Crippen LogP contribution in [0.15, 0.2) is 18.2 Å². The molecule has 1 fully saturated rings. The molecular weight excluding hydrogens is 297 g/mol. The number of hydrogen-bond acceptors (Lipinski definition) is 2. The van der Waals surface area contributed by atoms with Gasteiger partial charge < -0.3 is 5.32 Å². The monoisotopic (exact) mass is 309 g/mol. The number of nitrogens with one attached hydrogen (secondary N) is 2. The molecule has 3 rings (SSSR count). The van der Waals surface area contributed by atoms with Gasteiger partial charge in [0.05, 0.1) is 10.7 Å². The van der Waals surface area contributed by atoms with Gasteiger partial charge in [-0.15, -0.1) is 0 Å². The molecule has 0 atom stereocenters. The van der Waals surface area contributed by atoms with Crippen molar-refractivity contribution < 1.29 is 4.79 Å². The van der Waals surface area contributed by atoms with Crippen molar-refractivity contribution in [3.05, 3.63) is 45.2 Å². The van der Waals surface area contributed by atoms with Crippen LogP contribution in [-0.4, -0.2) is 16.1 Å². The largest absolute Gasteiger partial charge is 0.320 e. The number of benzene rings is 1. The van der Waals surface area contributed by atoms with E-state index in [2.05, 4.69) is 15.5 Å². The topological polar surface area (TPSA) is 57.8 Å². The van der Waals surface area contributed by atoms with Crippen LogP contribution >= 0.6 is 23.2 Å². The quantitative estimate of drug-likeness (QED) is 0.894. The third-order valence-electron chi connectivity index (χ3n) is 3.45. The fraction of sp³-hybridized carbons (Fsp3) is 0.286. The Balaban J connectivity index is 1.84. The van der Waals surface area contributed by atoms with Gasteiger partial charge in [0.15, 0.2) is 5.69 Å². The number of halogens is 2. The molecule has 4 nitrogen and oxygen atoms in total. The minimum Gasteiger partial charge on any atom is -0.320 e. The lowest BCUT2D eigenvalue weighted by Crippen LogP contribution is -2.13. The van der Waals surface area contributed by atoms with E-state index in [1.165, 1.54) is 0 Å². The second kappa shape index (κ2) is 5.11. The van der Waals surface area contributed by atoms with Crippen LogP contribution in [-0.2, 0) is 0 Å². The summed E-state index contributed by atoms with van der Waals surface area (Å²) in [5, 5.41) is 10.7. The molecule has 2 aromatic rings. The van der Waals surface area contributed by atoms with E-state index in [-0.39, 0.29) is 11.6 Å². The summed E-state index contributed by atoms with van der Waals surface area (Å²) >= 11 is 12.2. The Bertz CT molecular complexity index is 677. The Hall–Kier alpha value is -1.52. The zero-order valence-corrected chi connectivity index (χ0v) is 12.3. The molecule has 0 unspecified atom stereocenters. The van der Waals surface area contributed by atoms with Gasteiger partial charge in [0.1, 0.15) is 0 Å². The van der Waals surface area contributed by atoms with E-state index in [0.29, 0.717) is 21.7 Å². The molecular formula is C14H13Cl2N3O. The molecule has 0 aliphatic heterocycles. The summed E-state index contributed by atoms with van der Waals surface area (Å²) in [4.78, 5) is 12.2. The Morgan fingerprint density at radius 3 is 2.85 bits per heavy atom. The summed E-state index contributed by atoms with van der Waals surface area (Å²) in [6, 6.07) is 5.35. The van der Waals surface area contributed by atoms with E-state index in [1.807, 2.05) is 6.92 Å². The number of amides is 1. The molecule has 104 valence electrons. The lowest BCUT2D eigenvalue weighted by atomic mass is 10.2. The molecule has 0 spiro atoms. The van der Waals surface area contributed by atoms with Crippen LogP contribution in [0, 0.1) is 6.92 Å². The Morgan fingerprint density at radius 2 is 2.15 bits per heavy atom. The summed E-state index contributed by atoms with van der Waals surface area (Å²) in [5.74, 6) is 0.0907. The molecule has 2 N–H and O–H groups in total. The second-order valence-electron chi connectivity index (χ2n) is 4.94. The van der Waals surface area contributed by atoms with E-state index in [4.69, 9.17) is 23.2 Å². The Labute approximate surface area is 126 Å². The molecule has 1 aromatic heterocycles. The van der Waals surface area contributed by atoms with Crippen LogP contribution in [0.5, 0.6) is 0 Å². The van der Waals surface area contributed by atoms with Crippen molar-refractivity contribution in [1.82, 2.24) is 10.2 Å². The SMILES string of the molecule is Cc1c(Cl)cccc1NC(=O)c1n[nH]c(C2CC2)c1Cl. The zero-order valence-electron chi connectivity index (χ0n) is 10.8. The van der Waals surface area contributed by atoms with Crippen molar-refractivity contribution >= 4 is 34.8 Å². The van der Waals surface area contributed by atoms with E-state index < -0.39 is 0 Å². The van der Waals surface area contributed by atoms with E-state index in [0.717, 1.165) is 24.1 Å². The average Bonchev–Trinajstić information content (AvgIpc) is 3.18. The normalized spacial score (nSPS) is 14.3. The van der Waals surface area contributed by atoms with Gasteiger partial charge in [0.25, 0.3) is 5.91 Å². The minimum atomic E-state index is -0.330. The Kier molecular flexibility index (Phi) is 3.44. The van der Waals surface area contributed by atoms with Gasteiger partial charge in [0, 0.05) is 16.6 Å². The standard InChI is InChI=1S/C14H13Cl2N3O/c1-7-9(15)3-2-4-10(7)17-14(20)13-11(16)12(18-19-13)8-5-6-8/h2-4,8H,5-6H2,1H3,(H,17,20)(H,18,19). The number of anilines is 1. The summed E-state index contributed by atoms with van der Waals surface area (Å²) in [7, 11) is 0. The number of carbonyl (C=O) groups is 1. The van der Waals surface area contributed by atoms with Gasteiger partial charge in [-0.1, -0.05) is 29.3 Å². The molecule has 0 bridgehead atoms. The molecule has 6 heteroatoms. The molecule has 1 aliphatic rings. The van der Waals surface area contributed by atoms with Crippen molar-refractivity contribution in [1.29, 1.82) is 0 Å². The summed E-state index contributed by atoms with van der Waals surface area (Å²) < 4.78 is 0. The fourth-order valence-electron chi connectivity index (χ4n) is 2.06. The highest BCUT2D eigenvalue weighted by atomic mass is 35.5. The number of H-pyrrole nitrogens is 1. The summed E-state index contributed by atoms with van der Waals surface area (Å²) in [5.41, 5.74) is 2.57. The number of nitrogens with zero attached hydrogens (tertiary/aromatic N) is 1. The molecule has 20 heavy (non-hydrogen) atoms. The van der Waals surface area contributed by atoms with Crippen LogP contribution in [0.25, 0.3) is 0 Å². The van der Waals surface area contributed by atoms with E-state index in [9.17, 15) is 4.79 Å². The van der Waals surface area contributed by atoms with E-state index >= 15 is 0 Å². The molecule has 1 heterocycles. The first-order chi connectivity index (χ1) is 9.58. The fourth-order valence-corrected chi connectivity index (χ4v) is 2.56. The van der Waals surface area contributed by atoms with Gasteiger partial charge in [-0.3, -0.25) is 9.89 Å². The predicted octanol–water partition coefficient (Wildman–Crippen LogP) is 4.15. The molecule has 0 radical (unpaired) electrons. The van der Waals surface area contributed by atoms with Gasteiger partial charge >= 0.3 is 0 Å². The maximum Gasteiger partial charge on any atom is 0.277 e. The number of carbonyl (C=O) groups excluding carboxylic acids is 1. The third-order valence-corrected chi connectivity index (χ3v) is 4.24. The van der Waals surface area contributed by atoms with Crippen molar-refractivity contribution in [3.63, 3.8) is 0 Å². The van der Waals surface area contributed by atoms with Gasteiger partial charge in [-0.25, -0.2) is 0 Å². The van der Waals surface area contributed by atoms with Crippen LogP contribution in [0.2, 0.25) is 10.0 Å². The van der Waals surface area contributed by atoms with Gasteiger partial charge in [0.2, 0.25) is 0 Å². The first kappa shape index (κ1) is 13.5. The molecule has 1 aromatic carbocycles. The van der Waals surface area contributed by atoms with Crippen LogP contribution in [0.3, 0.4) is 0 Å². The predicted molar refractivity (Wildman–Crippen MR) is 79.7 cm³/mol. The first-order valence-corrected chi connectivity index (χ1v) is 7.13. The highest BCUT2D eigenvalue weighted by Gasteiger charge is 2.30. The Morgan fingerprint density at radius 1 is 1.40 bits per heavy atom. The summed E-state index contributed by atoms with van der Waals surface area (Å²) in [6.45, 7) is 1.85. The highest BCUT2D eigenvalue weighted by Crippen LogP contribution is 2.42. The molecule has 0 saturated heterocycles. The maximum atomic E-state index is 12.2. The number of aromatic nitrogens is 2. The van der Waals surface area contributed by atoms with Crippen molar-refractivity contribution in [2.45, 2.75) is 25.7 Å². The lowest BCUT2D eigenvalue weighted by Gasteiger charge is -2.08. The zero-order chi connectivity index (χ0) is 14.3. The van der Waals surface area contributed by atoms with Crippen molar-refractivity contribution in [2.75, 3.05) is 5.32 Å². The third kappa shape index (κ3) is 2.41. The molecule has 1 saturated carbocycles. The van der Waals surface area contributed by atoms with Crippen LogP contribution in [0.1, 0.15) is 40.5 Å². The van der Waals surface area contributed by atoms with Crippen molar-refractivity contribution in [3.8, 4) is 0 Å².